The summed E-state index contributed by atoms with van der Waals surface area (Å²) in [5, 5.41) is 5.78. The zero-order chi connectivity index (χ0) is 15.0. The second-order valence-corrected chi connectivity index (χ2v) is 5.05. The van der Waals surface area contributed by atoms with E-state index in [4.69, 9.17) is 4.74 Å². The van der Waals surface area contributed by atoms with Gasteiger partial charge in [0.05, 0.1) is 13.0 Å². The van der Waals surface area contributed by atoms with Crippen LogP contribution in [-0.4, -0.2) is 26.1 Å². The number of benzene rings is 1. The van der Waals surface area contributed by atoms with E-state index < -0.39 is 0 Å². The maximum atomic E-state index is 13.3. The van der Waals surface area contributed by atoms with Crippen LogP contribution in [0.1, 0.15) is 25.8 Å². The molecular weight excluding hydrogens is 259 g/mol. The lowest BCUT2D eigenvalue weighted by Gasteiger charge is -2.13. The van der Waals surface area contributed by atoms with Crippen LogP contribution < -0.4 is 15.4 Å². The summed E-state index contributed by atoms with van der Waals surface area (Å²) in [5.74, 6) is 0.782. The van der Waals surface area contributed by atoms with Crippen molar-refractivity contribution in [3.05, 3.63) is 29.6 Å². The first-order chi connectivity index (χ1) is 9.52. The maximum Gasteiger partial charge on any atom is 0.223 e. The Morgan fingerprint density at radius 3 is 2.80 bits per heavy atom. The number of rotatable bonds is 8. The Hall–Kier alpha value is -1.62. The minimum Gasteiger partial charge on any atom is -0.493 e. The number of hydrogen-bond acceptors (Lipinski definition) is 3. The number of carbonyl (C=O) groups is 1. The molecule has 0 radical (unpaired) electrons. The van der Waals surface area contributed by atoms with Crippen molar-refractivity contribution < 1.29 is 13.9 Å². The molecule has 0 atom stereocenters. The van der Waals surface area contributed by atoms with Gasteiger partial charge in [0.25, 0.3) is 0 Å². The van der Waals surface area contributed by atoms with Crippen molar-refractivity contribution in [3.63, 3.8) is 0 Å². The van der Waals surface area contributed by atoms with Crippen LogP contribution in [0.15, 0.2) is 18.2 Å². The first-order valence-corrected chi connectivity index (χ1v) is 6.85. The molecule has 5 heteroatoms. The standard InChI is InChI=1S/C15H23FN2O2/c1-11(2)9-18-10-12-8-13(16)4-5-14(12)20-7-6-15(19)17-3/h4-5,8,11,18H,6-7,9-10H2,1-3H3,(H,17,19). The number of carbonyl (C=O) groups excluding carboxylic acids is 1. The van der Waals surface area contributed by atoms with E-state index in [0.29, 0.717) is 18.2 Å². The summed E-state index contributed by atoms with van der Waals surface area (Å²) in [6, 6.07) is 4.43. The van der Waals surface area contributed by atoms with Crippen LogP contribution in [0.25, 0.3) is 0 Å². The van der Waals surface area contributed by atoms with Gasteiger partial charge >= 0.3 is 0 Å². The first-order valence-electron chi connectivity index (χ1n) is 6.85. The van der Waals surface area contributed by atoms with Crippen LogP contribution in [-0.2, 0) is 11.3 Å². The summed E-state index contributed by atoms with van der Waals surface area (Å²) in [5.41, 5.74) is 0.766. The third-order valence-electron chi connectivity index (χ3n) is 2.76. The van der Waals surface area contributed by atoms with Gasteiger partial charge in [0.2, 0.25) is 5.91 Å². The van der Waals surface area contributed by atoms with E-state index in [1.54, 1.807) is 13.1 Å². The van der Waals surface area contributed by atoms with E-state index >= 15 is 0 Å². The highest BCUT2D eigenvalue weighted by Gasteiger charge is 2.07. The zero-order valence-electron chi connectivity index (χ0n) is 12.3. The Balaban J connectivity index is 2.57. The Morgan fingerprint density at radius 1 is 1.40 bits per heavy atom. The molecule has 0 bridgehead atoms. The molecule has 1 amide bonds. The highest BCUT2D eigenvalue weighted by Crippen LogP contribution is 2.20. The summed E-state index contributed by atoms with van der Waals surface area (Å²) >= 11 is 0. The molecule has 0 unspecified atom stereocenters. The number of hydrogen-bond donors (Lipinski definition) is 2. The molecule has 4 nitrogen and oxygen atoms in total. The minimum absolute atomic E-state index is 0.0772. The van der Waals surface area contributed by atoms with E-state index in [9.17, 15) is 9.18 Å². The molecule has 0 spiro atoms. The molecule has 0 heterocycles. The van der Waals surface area contributed by atoms with Crippen LogP contribution in [0.5, 0.6) is 5.75 Å². The topological polar surface area (TPSA) is 50.4 Å². The average Bonchev–Trinajstić information content (AvgIpc) is 2.40. The van der Waals surface area contributed by atoms with Gasteiger partial charge < -0.3 is 15.4 Å². The molecule has 0 aromatic heterocycles. The number of ether oxygens (including phenoxy) is 1. The van der Waals surface area contributed by atoms with Crippen LogP contribution in [0.3, 0.4) is 0 Å². The predicted molar refractivity (Wildman–Crippen MR) is 77.1 cm³/mol. The van der Waals surface area contributed by atoms with E-state index in [1.807, 2.05) is 0 Å². The van der Waals surface area contributed by atoms with Crippen LogP contribution in [0, 0.1) is 11.7 Å². The predicted octanol–water partition coefficient (Wildman–Crippen LogP) is 2.09. The van der Waals surface area contributed by atoms with Crippen LogP contribution in [0.4, 0.5) is 4.39 Å². The summed E-state index contributed by atoms with van der Waals surface area (Å²) in [7, 11) is 1.58. The lowest BCUT2D eigenvalue weighted by Crippen LogP contribution is -2.21. The molecule has 1 aromatic rings. The monoisotopic (exact) mass is 282 g/mol. The fraction of sp³-hybridized carbons (Fsp3) is 0.533. The normalized spacial score (nSPS) is 10.7. The van der Waals surface area contributed by atoms with Gasteiger partial charge in [-0.05, 0) is 30.7 Å². The summed E-state index contributed by atoms with van der Waals surface area (Å²) in [6.07, 6.45) is 0.284. The van der Waals surface area contributed by atoms with E-state index in [0.717, 1.165) is 12.1 Å². The first kappa shape index (κ1) is 16.4. The Bertz CT molecular complexity index is 436. The lowest BCUT2D eigenvalue weighted by atomic mass is 10.1. The third kappa shape index (κ3) is 6.02. The Morgan fingerprint density at radius 2 is 2.15 bits per heavy atom. The quantitative estimate of drug-likeness (QED) is 0.767. The zero-order valence-corrected chi connectivity index (χ0v) is 12.3. The number of amides is 1. The van der Waals surface area contributed by atoms with E-state index in [-0.39, 0.29) is 24.8 Å². The van der Waals surface area contributed by atoms with Crippen molar-refractivity contribution in [3.8, 4) is 5.75 Å². The van der Waals surface area contributed by atoms with Gasteiger partial charge in [0.1, 0.15) is 11.6 Å². The highest BCUT2D eigenvalue weighted by atomic mass is 19.1. The molecule has 112 valence electrons. The largest absolute Gasteiger partial charge is 0.493 e. The molecule has 2 N–H and O–H groups in total. The molecule has 20 heavy (non-hydrogen) atoms. The molecule has 0 aliphatic rings. The number of nitrogens with one attached hydrogen (secondary N) is 2. The van der Waals surface area contributed by atoms with Crippen molar-refractivity contribution in [2.45, 2.75) is 26.8 Å². The van der Waals surface area contributed by atoms with Crippen molar-refractivity contribution in [2.24, 2.45) is 5.92 Å². The Kier molecular flexibility index (Phi) is 7.01. The molecule has 0 saturated heterocycles. The van der Waals surface area contributed by atoms with Gasteiger partial charge in [-0.1, -0.05) is 13.8 Å². The van der Waals surface area contributed by atoms with Gasteiger partial charge in [0, 0.05) is 19.2 Å². The van der Waals surface area contributed by atoms with Crippen LogP contribution >= 0.6 is 0 Å². The summed E-state index contributed by atoms with van der Waals surface area (Å²) < 4.78 is 18.8. The molecule has 0 fully saturated rings. The average molecular weight is 282 g/mol. The minimum atomic E-state index is -0.287. The summed E-state index contributed by atoms with van der Waals surface area (Å²) in [6.45, 7) is 5.90. The fourth-order valence-electron chi connectivity index (χ4n) is 1.70. The van der Waals surface area contributed by atoms with Crippen LogP contribution in [0.2, 0.25) is 0 Å². The molecule has 1 aromatic carbocycles. The van der Waals surface area contributed by atoms with Gasteiger partial charge in [-0.15, -0.1) is 0 Å². The van der Waals surface area contributed by atoms with E-state index in [2.05, 4.69) is 24.5 Å². The lowest BCUT2D eigenvalue weighted by molar-refractivity contribution is -0.121. The Labute approximate surface area is 119 Å². The van der Waals surface area contributed by atoms with Gasteiger partial charge in [-0.25, -0.2) is 4.39 Å². The molecular formula is C15H23FN2O2. The van der Waals surface area contributed by atoms with E-state index in [1.165, 1.54) is 12.1 Å². The SMILES string of the molecule is CNC(=O)CCOc1ccc(F)cc1CNCC(C)C. The van der Waals surface area contributed by atoms with Crippen molar-refractivity contribution in [1.29, 1.82) is 0 Å². The number of halogens is 1. The highest BCUT2D eigenvalue weighted by molar-refractivity contribution is 5.75. The molecule has 0 saturated carbocycles. The molecule has 0 aliphatic heterocycles. The van der Waals surface area contributed by atoms with Gasteiger partial charge in [0.15, 0.2) is 0 Å². The summed E-state index contributed by atoms with van der Waals surface area (Å²) in [4.78, 5) is 11.1. The smallest absolute Gasteiger partial charge is 0.223 e. The van der Waals surface area contributed by atoms with Gasteiger partial charge in [-0.3, -0.25) is 4.79 Å². The van der Waals surface area contributed by atoms with Crippen molar-refractivity contribution in [2.75, 3.05) is 20.2 Å². The van der Waals surface area contributed by atoms with Crippen molar-refractivity contribution in [1.82, 2.24) is 10.6 Å². The molecule has 1 rings (SSSR count). The fourth-order valence-corrected chi connectivity index (χ4v) is 1.70. The third-order valence-corrected chi connectivity index (χ3v) is 2.76. The second kappa shape index (κ2) is 8.53. The maximum absolute atomic E-state index is 13.3. The molecule has 0 aliphatic carbocycles. The van der Waals surface area contributed by atoms with Gasteiger partial charge in [-0.2, -0.15) is 0 Å². The van der Waals surface area contributed by atoms with Crippen molar-refractivity contribution >= 4 is 5.91 Å². The second-order valence-electron chi connectivity index (χ2n) is 5.05.